The number of nitro groups is 1. The molecule has 1 heterocycles. The van der Waals surface area contributed by atoms with E-state index in [0.29, 0.717) is 18.7 Å². The minimum Gasteiger partial charge on any atom is -0.385 e. The number of aryl methyl sites for hydroxylation is 1. The van der Waals surface area contributed by atoms with Gasteiger partial charge in [0, 0.05) is 25.6 Å². The molecule has 0 spiro atoms. The molecule has 0 bridgehead atoms. The van der Waals surface area contributed by atoms with E-state index in [1.165, 1.54) is 6.07 Å². The summed E-state index contributed by atoms with van der Waals surface area (Å²) in [5.74, 6) is 0. The second-order valence-corrected chi connectivity index (χ2v) is 5.00. The molecule has 2 rings (SSSR count). The molecule has 19 heavy (non-hydrogen) atoms. The van der Waals surface area contributed by atoms with Gasteiger partial charge in [-0.15, -0.1) is 0 Å². The number of rotatable bonds is 4. The van der Waals surface area contributed by atoms with Gasteiger partial charge >= 0.3 is 0 Å². The second kappa shape index (κ2) is 5.14. The summed E-state index contributed by atoms with van der Waals surface area (Å²) < 4.78 is 5.33. The van der Waals surface area contributed by atoms with Crippen LogP contribution in [0.3, 0.4) is 0 Å². The highest BCUT2D eigenvalue weighted by Crippen LogP contribution is 2.29. The van der Waals surface area contributed by atoms with E-state index in [1.807, 2.05) is 6.92 Å². The van der Waals surface area contributed by atoms with Crippen LogP contribution in [0.2, 0.25) is 0 Å². The van der Waals surface area contributed by atoms with Crippen molar-refractivity contribution in [2.45, 2.75) is 32.0 Å². The van der Waals surface area contributed by atoms with E-state index in [4.69, 9.17) is 4.74 Å². The van der Waals surface area contributed by atoms with Gasteiger partial charge in [0.2, 0.25) is 0 Å². The number of anilines is 1. The Labute approximate surface area is 111 Å². The summed E-state index contributed by atoms with van der Waals surface area (Å²) in [6.07, 6.45) is 0.254. The van der Waals surface area contributed by atoms with E-state index in [-0.39, 0.29) is 18.3 Å². The third-order valence-electron chi connectivity index (χ3n) is 3.59. The van der Waals surface area contributed by atoms with Crippen LogP contribution in [0.4, 0.5) is 11.4 Å². The number of nitrogens with one attached hydrogen (secondary N) is 1. The van der Waals surface area contributed by atoms with Gasteiger partial charge in [-0.25, -0.2) is 0 Å². The first-order valence-corrected chi connectivity index (χ1v) is 6.25. The summed E-state index contributed by atoms with van der Waals surface area (Å²) in [5.41, 5.74) is 0.395. The first-order valence-electron chi connectivity index (χ1n) is 6.25. The van der Waals surface area contributed by atoms with Gasteiger partial charge in [-0.05, 0) is 25.5 Å². The summed E-state index contributed by atoms with van der Waals surface area (Å²) >= 11 is 0. The van der Waals surface area contributed by atoms with Crippen LogP contribution in [0.1, 0.15) is 18.9 Å². The Balaban J connectivity index is 2.15. The molecule has 1 fully saturated rings. The van der Waals surface area contributed by atoms with Crippen molar-refractivity contribution in [1.82, 2.24) is 0 Å². The summed E-state index contributed by atoms with van der Waals surface area (Å²) in [4.78, 5) is 10.5. The number of nitro benzene ring substituents is 1. The largest absolute Gasteiger partial charge is 0.385 e. The predicted octanol–water partition coefficient (Wildman–Crippen LogP) is 1.86. The Bertz CT molecular complexity index is 492. The fourth-order valence-electron chi connectivity index (χ4n) is 2.20. The molecular formula is C13H18N2O4. The smallest absolute Gasteiger partial charge is 0.292 e. The Morgan fingerprint density at radius 3 is 2.95 bits per heavy atom. The van der Waals surface area contributed by atoms with Gasteiger partial charge in [-0.3, -0.25) is 10.1 Å². The van der Waals surface area contributed by atoms with E-state index in [1.54, 1.807) is 19.1 Å². The van der Waals surface area contributed by atoms with Gasteiger partial charge in [-0.1, -0.05) is 6.07 Å². The number of hydrogen-bond donors (Lipinski definition) is 2. The van der Waals surface area contributed by atoms with Crippen LogP contribution in [0.5, 0.6) is 0 Å². The van der Waals surface area contributed by atoms with Crippen molar-refractivity contribution in [2.75, 3.05) is 18.5 Å². The lowest BCUT2D eigenvalue weighted by Gasteiger charge is -2.26. The van der Waals surface area contributed by atoms with Crippen molar-refractivity contribution in [1.29, 1.82) is 0 Å². The Morgan fingerprint density at radius 1 is 1.63 bits per heavy atom. The second-order valence-electron chi connectivity index (χ2n) is 5.00. The molecule has 0 radical (unpaired) electrons. The molecule has 2 atom stereocenters. The first-order chi connectivity index (χ1) is 8.92. The van der Waals surface area contributed by atoms with Crippen molar-refractivity contribution < 1.29 is 14.8 Å². The molecule has 0 saturated carbocycles. The topological polar surface area (TPSA) is 84.6 Å². The van der Waals surface area contributed by atoms with Gasteiger partial charge in [0.15, 0.2) is 0 Å². The number of benzene rings is 1. The van der Waals surface area contributed by atoms with E-state index < -0.39 is 10.5 Å². The summed E-state index contributed by atoms with van der Waals surface area (Å²) in [6.45, 7) is 4.41. The molecule has 6 nitrogen and oxygen atoms in total. The maximum Gasteiger partial charge on any atom is 0.292 e. The normalized spacial score (nSPS) is 26.4. The molecule has 6 heteroatoms. The number of aliphatic hydroxyl groups is 1. The molecule has 0 aliphatic carbocycles. The highest BCUT2D eigenvalue weighted by atomic mass is 16.6. The van der Waals surface area contributed by atoms with Crippen LogP contribution in [-0.2, 0) is 4.74 Å². The van der Waals surface area contributed by atoms with E-state index in [9.17, 15) is 15.2 Å². The lowest BCUT2D eigenvalue weighted by atomic mass is 9.96. The zero-order valence-electron chi connectivity index (χ0n) is 11.0. The van der Waals surface area contributed by atoms with E-state index >= 15 is 0 Å². The monoisotopic (exact) mass is 266 g/mol. The molecular weight excluding hydrogens is 248 g/mol. The van der Waals surface area contributed by atoms with E-state index in [0.717, 1.165) is 5.56 Å². The zero-order chi connectivity index (χ0) is 14.0. The van der Waals surface area contributed by atoms with Gasteiger partial charge < -0.3 is 15.2 Å². The minimum atomic E-state index is -0.975. The molecule has 2 unspecified atom stereocenters. The molecule has 0 aromatic heterocycles. The zero-order valence-corrected chi connectivity index (χ0v) is 11.0. The predicted molar refractivity (Wildman–Crippen MR) is 71.3 cm³/mol. The van der Waals surface area contributed by atoms with Gasteiger partial charge in [0.1, 0.15) is 11.3 Å². The van der Waals surface area contributed by atoms with Crippen molar-refractivity contribution in [3.8, 4) is 0 Å². The third kappa shape index (κ3) is 2.85. The van der Waals surface area contributed by atoms with Crippen LogP contribution in [0, 0.1) is 17.0 Å². The van der Waals surface area contributed by atoms with Crippen LogP contribution in [0.15, 0.2) is 18.2 Å². The number of nitrogens with zero attached hydrogens (tertiary/aromatic N) is 1. The SMILES string of the molecule is Cc1ccc([N+](=O)[O-])c(NCC2(O)CCOC2C)c1. The molecule has 1 saturated heterocycles. The van der Waals surface area contributed by atoms with Crippen LogP contribution in [-0.4, -0.2) is 34.9 Å². The van der Waals surface area contributed by atoms with Crippen molar-refractivity contribution in [2.24, 2.45) is 0 Å². The highest BCUT2D eigenvalue weighted by molar-refractivity contribution is 5.62. The molecule has 1 aliphatic rings. The van der Waals surface area contributed by atoms with Gasteiger partial charge in [-0.2, -0.15) is 0 Å². The van der Waals surface area contributed by atoms with Crippen LogP contribution < -0.4 is 5.32 Å². The quantitative estimate of drug-likeness (QED) is 0.641. The summed E-state index contributed by atoms with van der Waals surface area (Å²) in [6, 6.07) is 4.87. The fraction of sp³-hybridized carbons (Fsp3) is 0.538. The van der Waals surface area contributed by atoms with Crippen molar-refractivity contribution >= 4 is 11.4 Å². The average Bonchev–Trinajstić information content (AvgIpc) is 2.67. The van der Waals surface area contributed by atoms with E-state index in [2.05, 4.69) is 5.32 Å². The maximum atomic E-state index is 11.0. The Morgan fingerprint density at radius 2 is 2.37 bits per heavy atom. The molecule has 1 aliphatic heterocycles. The van der Waals surface area contributed by atoms with Crippen molar-refractivity contribution in [3.63, 3.8) is 0 Å². The molecule has 1 aromatic rings. The molecule has 0 amide bonds. The van der Waals surface area contributed by atoms with Crippen molar-refractivity contribution in [3.05, 3.63) is 33.9 Å². The number of hydrogen-bond acceptors (Lipinski definition) is 5. The Hall–Kier alpha value is -1.66. The van der Waals surface area contributed by atoms with Gasteiger partial charge in [0.05, 0.1) is 11.0 Å². The lowest BCUT2D eigenvalue weighted by molar-refractivity contribution is -0.384. The summed E-state index contributed by atoms with van der Waals surface area (Å²) in [7, 11) is 0. The lowest BCUT2D eigenvalue weighted by Crippen LogP contribution is -2.43. The Kier molecular flexibility index (Phi) is 3.73. The third-order valence-corrected chi connectivity index (χ3v) is 3.59. The number of ether oxygens (including phenoxy) is 1. The maximum absolute atomic E-state index is 11.0. The molecule has 2 N–H and O–H groups in total. The van der Waals surface area contributed by atoms with Crippen LogP contribution >= 0.6 is 0 Å². The fourth-order valence-corrected chi connectivity index (χ4v) is 2.20. The highest BCUT2D eigenvalue weighted by Gasteiger charge is 2.39. The molecule has 1 aromatic carbocycles. The summed E-state index contributed by atoms with van der Waals surface area (Å²) in [5, 5.41) is 24.3. The van der Waals surface area contributed by atoms with Gasteiger partial charge in [0.25, 0.3) is 5.69 Å². The molecule has 104 valence electrons. The minimum absolute atomic E-state index is 0.0146. The average molecular weight is 266 g/mol. The van der Waals surface area contributed by atoms with Crippen LogP contribution in [0.25, 0.3) is 0 Å². The first kappa shape index (κ1) is 13.8. The standard InChI is InChI=1S/C13H18N2O4/c1-9-3-4-12(15(17)18)11(7-9)14-8-13(16)5-6-19-10(13)2/h3-4,7,10,14,16H,5-6,8H2,1-2H3.